The van der Waals surface area contributed by atoms with E-state index in [1.165, 1.54) is 44.1 Å². The summed E-state index contributed by atoms with van der Waals surface area (Å²) in [5.41, 5.74) is 1.33. The molecule has 1 aliphatic carbocycles. The molecule has 0 unspecified atom stereocenters. The van der Waals surface area contributed by atoms with Crippen LogP contribution in [0.15, 0.2) is 30.3 Å². The van der Waals surface area contributed by atoms with Gasteiger partial charge < -0.3 is 4.52 Å². The van der Waals surface area contributed by atoms with Crippen LogP contribution in [0.25, 0.3) is 0 Å². The van der Waals surface area contributed by atoms with E-state index in [9.17, 15) is 0 Å². The number of likely N-dealkylation sites (N-methyl/N-ethyl adjacent to an activating group) is 2. The van der Waals surface area contributed by atoms with Gasteiger partial charge in [0.25, 0.3) is 0 Å². The third-order valence-electron chi connectivity index (χ3n) is 5.41. The van der Waals surface area contributed by atoms with E-state index in [1.54, 1.807) is 0 Å². The Morgan fingerprint density at radius 2 is 1.70 bits per heavy atom. The maximum atomic E-state index is 6.73. The first-order valence-electron chi connectivity index (χ1n) is 9.19. The Hall–Kier alpha value is -0.470. The Morgan fingerprint density at radius 1 is 1.09 bits per heavy atom. The number of fused-ring (bicyclic) bond motifs is 1. The fourth-order valence-corrected chi connectivity index (χ4v) is 6.28. The second kappa shape index (κ2) is 8.07. The van der Waals surface area contributed by atoms with E-state index in [0.717, 1.165) is 6.42 Å². The minimum Gasteiger partial charge on any atom is -0.323 e. The van der Waals surface area contributed by atoms with Crippen LogP contribution >= 0.6 is 8.45 Å². The zero-order valence-corrected chi connectivity index (χ0v) is 15.7. The highest BCUT2D eigenvalue weighted by molar-refractivity contribution is 7.47. The lowest BCUT2D eigenvalue weighted by molar-refractivity contribution is 0.189. The van der Waals surface area contributed by atoms with E-state index >= 15 is 0 Å². The number of unbranched alkanes of at least 4 members (excludes halogenated alkanes) is 1. The first kappa shape index (κ1) is 17.4. The van der Waals surface area contributed by atoms with Crippen LogP contribution < -0.4 is 0 Å². The van der Waals surface area contributed by atoms with Crippen molar-refractivity contribution in [2.24, 2.45) is 0 Å². The molecule has 0 aromatic heterocycles. The number of rotatable bonds is 6. The molecule has 2 fully saturated rings. The maximum absolute atomic E-state index is 6.73. The van der Waals surface area contributed by atoms with E-state index in [-0.39, 0.29) is 6.10 Å². The van der Waals surface area contributed by atoms with Crippen molar-refractivity contribution in [2.75, 3.05) is 14.1 Å². The zero-order chi connectivity index (χ0) is 16.2. The molecule has 1 saturated heterocycles. The van der Waals surface area contributed by atoms with Gasteiger partial charge in [0.2, 0.25) is 0 Å². The Kier molecular flexibility index (Phi) is 6.09. The van der Waals surface area contributed by atoms with Gasteiger partial charge in [-0.15, -0.1) is 0 Å². The SMILES string of the molecule is CCCC[C@H](OP1N(C)[C@@H]2CCCC[C@H]2N1C)c1ccccc1. The largest absolute Gasteiger partial charge is 0.323 e. The highest BCUT2D eigenvalue weighted by atomic mass is 31.2. The lowest BCUT2D eigenvalue weighted by Gasteiger charge is -2.30. The van der Waals surface area contributed by atoms with Crippen molar-refractivity contribution in [1.82, 2.24) is 9.34 Å². The summed E-state index contributed by atoms with van der Waals surface area (Å²) in [6.45, 7) is 2.26. The summed E-state index contributed by atoms with van der Waals surface area (Å²) in [7, 11) is 3.92. The first-order chi connectivity index (χ1) is 11.2. The zero-order valence-electron chi connectivity index (χ0n) is 14.8. The summed E-state index contributed by atoms with van der Waals surface area (Å²) in [6.07, 6.45) is 9.21. The molecule has 3 atom stereocenters. The summed E-state index contributed by atoms with van der Waals surface area (Å²) in [4.78, 5) is 0. The number of hydrogen-bond donors (Lipinski definition) is 0. The molecule has 1 aliphatic heterocycles. The summed E-state index contributed by atoms with van der Waals surface area (Å²) in [6, 6.07) is 12.2. The summed E-state index contributed by atoms with van der Waals surface area (Å²) in [5, 5.41) is 0. The van der Waals surface area contributed by atoms with Crippen LogP contribution in [0.2, 0.25) is 0 Å². The molecule has 2 aliphatic rings. The van der Waals surface area contributed by atoms with Crippen LogP contribution in [0.1, 0.15) is 63.5 Å². The Morgan fingerprint density at radius 3 is 2.26 bits per heavy atom. The van der Waals surface area contributed by atoms with Gasteiger partial charge in [-0.05, 0) is 38.9 Å². The van der Waals surface area contributed by atoms with Crippen LogP contribution in [0.3, 0.4) is 0 Å². The lowest BCUT2D eigenvalue weighted by atomic mass is 9.91. The highest BCUT2D eigenvalue weighted by Crippen LogP contribution is 2.58. The molecule has 3 nitrogen and oxygen atoms in total. The molecule has 3 rings (SSSR count). The summed E-state index contributed by atoms with van der Waals surface area (Å²) >= 11 is 0. The molecule has 4 heteroatoms. The van der Waals surface area contributed by atoms with Gasteiger partial charge in [0.1, 0.15) is 0 Å². The van der Waals surface area contributed by atoms with Crippen molar-refractivity contribution in [3.8, 4) is 0 Å². The molecule has 1 saturated carbocycles. The minimum absolute atomic E-state index is 0.229. The predicted molar refractivity (Wildman–Crippen MR) is 98.3 cm³/mol. The van der Waals surface area contributed by atoms with E-state index in [1.807, 2.05) is 0 Å². The smallest absolute Gasteiger partial charge is 0.188 e. The third kappa shape index (κ3) is 3.79. The molecule has 0 bridgehead atoms. The van der Waals surface area contributed by atoms with E-state index in [0.29, 0.717) is 12.1 Å². The standard InChI is InChI=1S/C19H31N2OP/c1-4-5-15-19(16-11-7-6-8-12-16)22-23-20(2)17-13-9-10-14-18(17)21(23)3/h6-8,11-12,17-19H,4-5,9-10,13-15H2,1-3H3/t17-,18-,19+/m1/s1. The third-order valence-corrected chi connectivity index (χ3v) is 7.52. The molecule has 0 N–H and O–H groups in total. The minimum atomic E-state index is -0.631. The molecule has 23 heavy (non-hydrogen) atoms. The van der Waals surface area contributed by atoms with Gasteiger partial charge >= 0.3 is 0 Å². The van der Waals surface area contributed by atoms with Gasteiger partial charge in [0.05, 0.1) is 6.10 Å². The maximum Gasteiger partial charge on any atom is 0.188 e. The fraction of sp³-hybridized carbons (Fsp3) is 0.684. The highest BCUT2D eigenvalue weighted by Gasteiger charge is 2.46. The molecular formula is C19H31N2OP. The van der Waals surface area contributed by atoms with Gasteiger partial charge in [-0.2, -0.15) is 0 Å². The van der Waals surface area contributed by atoms with Crippen LogP contribution in [0, 0.1) is 0 Å². The van der Waals surface area contributed by atoms with Crippen molar-refractivity contribution in [3.63, 3.8) is 0 Å². The van der Waals surface area contributed by atoms with Crippen LogP contribution in [0.5, 0.6) is 0 Å². The molecule has 1 aromatic carbocycles. The predicted octanol–water partition coefficient (Wildman–Crippen LogP) is 5.35. The number of nitrogens with zero attached hydrogens (tertiary/aromatic N) is 2. The Labute approximate surface area is 142 Å². The monoisotopic (exact) mass is 334 g/mol. The second-order valence-corrected chi connectivity index (χ2v) is 8.94. The first-order valence-corrected chi connectivity index (χ1v) is 10.4. The summed E-state index contributed by atoms with van der Waals surface area (Å²) < 4.78 is 11.8. The number of benzene rings is 1. The van der Waals surface area contributed by atoms with Crippen LogP contribution in [-0.2, 0) is 4.52 Å². The quantitative estimate of drug-likeness (QED) is 0.652. The van der Waals surface area contributed by atoms with Crippen molar-refractivity contribution < 1.29 is 4.52 Å². The Balaban J connectivity index is 1.73. The summed E-state index contributed by atoms with van der Waals surface area (Å²) in [5.74, 6) is 0. The van der Waals surface area contributed by atoms with E-state index in [4.69, 9.17) is 4.52 Å². The van der Waals surface area contributed by atoms with E-state index < -0.39 is 8.45 Å². The average molecular weight is 334 g/mol. The molecule has 0 radical (unpaired) electrons. The molecule has 0 spiro atoms. The van der Waals surface area contributed by atoms with Crippen molar-refractivity contribution in [2.45, 2.75) is 70.1 Å². The normalized spacial score (nSPS) is 28.0. The molecule has 1 aromatic rings. The van der Waals surface area contributed by atoms with Gasteiger partial charge in [0, 0.05) is 12.1 Å². The molecule has 1 heterocycles. The van der Waals surface area contributed by atoms with E-state index in [2.05, 4.69) is 60.7 Å². The molecule has 128 valence electrons. The molecule has 0 amide bonds. The van der Waals surface area contributed by atoms with Crippen molar-refractivity contribution >= 4 is 8.45 Å². The Bertz CT molecular complexity index is 466. The second-order valence-electron chi connectivity index (χ2n) is 6.97. The van der Waals surface area contributed by atoms with Gasteiger partial charge in [0.15, 0.2) is 8.45 Å². The van der Waals surface area contributed by atoms with Crippen molar-refractivity contribution in [3.05, 3.63) is 35.9 Å². The van der Waals surface area contributed by atoms with Crippen LogP contribution in [0.4, 0.5) is 0 Å². The van der Waals surface area contributed by atoms with Gasteiger partial charge in [-0.25, -0.2) is 9.34 Å². The number of hydrogen-bond acceptors (Lipinski definition) is 3. The van der Waals surface area contributed by atoms with Crippen molar-refractivity contribution in [1.29, 1.82) is 0 Å². The average Bonchev–Trinajstić information content (AvgIpc) is 2.84. The fourth-order valence-electron chi connectivity index (χ4n) is 4.04. The van der Waals surface area contributed by atoms with Gasteiger partial charge in [-0.1, -0.05) is 62.9 Å². The lowest BCUT2D eigenvalue weighted by Crippen LogP contribution is -2.37. The van der Waals surface area contributed by atoms with Gasteiger partial charge in [-0.3, -0.25) is 0 Å². The van der Waals surface area contributed by atoms with Crippen LogP contribution in [-0.4, -0.2) is 35.5 Å². The topological polar surface area (TPSA) is 15.7 Å². The molecular weight excluding hydrogens is 303 g/mol.